The van der Waals surface area contributed by atoms with E-state index in [0.29, 0.717) is 6.42 Å². The van der Waals surface area contributed by atoms with Crippen LogP contribution in [0, 0.1) is 0 Å². The van der Waals surface area contributed by atoms with E-state index in [9.17, 15) is 9.18 Å². The number of alkyl halides is 1. The molecule has 0 radical (unpaired) electrons. The maximum absolute atomic E-state index is 13.1. The van der Waals surface area contributed by atoms with Crippen LogP contribution in [0.2, 0.25) is 0 Å². The summed E-state index contributed by atoms with van der Waals surface area (Å²) in [4.78, 5) is 11.3. The lowest BCUT2D eigenvalue weighted by atomic mass is 10.1. The van der Waals surface area contributed by atoms with Crippen molar-refractivity contribution in [3.05, 3.63) is 34.3 Å². The summed E-state index contributed by atoms with van der Waals surface area (Å²) < 4.78 is 19.1. The minimum atomic E-state index is -1.51. The molecule has 0 aliphatic rings. The predicted octanol–water partition coefficient (Wildman–Crippen LogP) is 3.67. The summed E-state index contributed by atoms with van der Waals surface area (Å²) in [5.74, 6) is -0.496. The van der Waals surface area contributed by atoms with Crippen molar-refractivity contribution in [3.8, 4) is 0 Å². The Labute approximate surface area is 109 Å². The summed E-state index contributed by atoms with van der Waals surface area (Å²) in [6.45, 7) is 3.00. The van der Waals surface area contributed by atoms with E-state index in [1.807, 2.05) is 24.3 Å². The van der Waals surface area contributed by atoms with E-state index in [0.717, 1.165) is 10.0 Å². The fourth-order valence-electron chi connectivity index (χ4n) is 1.37. The molecule has 1 aromatic carbocycles. The van der Waals surface area contributed by atoms with Gasteiger partial charge in [-0.15, -0.1) is 0 Å². The van der Waals surface area contributed by atoms with Crippen LogP contribution in [-0.4, -0.2) is 18.2 Å². The zero-order valence-corrected chi connectivity index (χ0v) is 11.6. The topological polar surface area (TPSA) is 26.3 Å². The predicted molar refractivity (Wildman–Crippen MR) is 68.6 cm³/mol. The molecule has 0 saturated carbocycles. The molecule has 4 heteroatoms. The normalized spacial score (nSPS) is 11.3. The monoisotopic (exact) mass is 302 g/mol. The third kappa shape index (κ3) is 5.82. The van der Waals surface area contributed by atoms with Gasteiger partial charge in [-0.25, -0.2) is 4.39 Å². The highest BCUT2D eigenvalue weighted by atomic mass is 79.9. The van der Waals surface area contributed by atoms with Crippen molar-refractivity contribution in [2.24, 2.45) is 0 Å². The third-order valence-corrected chi connectivity index (χ3v) is 2.93. The van der Waals surface area contributed by atoms with Crippen LogP contribution in [0.3, 0.4) is 0 Å². The first-order valence-corrected chi connectivity index (χ1v) is 6.26. The van der Waals surface area contributed by atoms with Crippen LogP contribution in [0.25, 0.3) is 0 Å². The number of hydrogen-bond donors (Lipinski definition) is 0. The molecule has 0 N–H and O–H groups in total. The van der Waals surface area contributed by atoms with E-state index in [1.165, 1.54) is 13.8 Å². The van der Waals surface area contributed by atoms with Crippen molar-refractivity contribution in [2.75, 3.05) is 6.61 Å². The number of carbonyl (C=O) groups is 1. The maximum Gasteiger partial charge on any atom is 0.309 e. The van der Waals surface area contributed by atoms with Gasteiger partial charge >= 0.3 is 5.97 Å². The number of benzene rings is 1. The summed E-state index contributed by atoms with van der Waals surface area (Å²) in [5, 5.41) is 0. The maximum atomic E-state index is 13.1. The van der Waals surface area contributed by atoms with Gasteiger partial charge in [0.15, 0.2) is 0 Å². The fraction of sp³-hybridized carbons (Fsp3) is 0.462. The Morgan fingerprint density at radius 2 is 2.06 bits per heavy atom. The van der Waals surface area contributed by atoms with E-state index in [-0.39, 0.29) is 13.0 Å². The molecule has 0 aliphatic heterocycles. The second kappa shape index (κ2) is 6.15. The second-order valence-corrected chi connectivity index (χ2v) is 5.31. The van der Waals surface area contributed by atoms with Gasteiger partial charge in [-0.05, 0) is 25.5 Å². The smallest absolute Gasteiger partial charge is 0.309 e. The van der Waals surface area contributed by atoms with Gasteiger partial charge in [0.05, 0.1) is 13.0 Å². The fourth-order valence-corrected chi connectivity index (χ4v) is 1.85. The molecule has 0 amide bonds. The molecule has 0 bridgehead atoms. The first-order valence-electron chi connectivity index (χ1n) is 5.46. The first-order chi connectivity index (χ1) is 7.88. The second-order valence-electron chi connectivity index (χ2n) is 4.46. The van der Waals surface area contributed by atoms with Crippen LogP contribution >= 0.6 is 15.9 Å². The summed E-state index contributed by atoms with van der Waals surface area (Å²) in [6.07, 6.45) is 0.419. The van der Waals surface area contributed by atoms with Gasteiger partial charge in [-0.2, -0.15) is 0 Å². The number of halogens is 2. The highest BCUT2D eigenvalue weighted by molar-refractivity contribution is 9.10. The summed E-state index contributed by atoms with van der Waals surface area (Å²) in [7, 11) is 0. The Hall–Kier alpha value is -0.900. The lowest BCUT2D eigenvalue weighted by molar-refractivity contribution is -0.146. The average molecular weight is 303 g/mol. The van der Waals surface area contributed by atoms with E-state index in [1.54, 1.807) is 0 Å². The minimum Gasteiger partial charge on any atom is -0.465 e. The summed E-state index contributed by atoms with van der Waals surface area (Å²) >= 11 is 3.41. The minimum absolute atomic E-state index is 0.205. The quantitative estimate of drug-likeness (QED) is 0.776. The molecule has 0 fully saturated rings. The largest absolute Gasteiger partial charge is 0.465 e. The van der Waals surface area contributed by atoms with Gasteiger partial charge in [0.1, 0.15) is 5.67 Å². The summed E-state index contributed by atoms with van der Waals surface area (Å²) in [6, 6.07) is 7.73. The highest BCUT2D eigenvalue weighted by Crippen LogP contribution is 2.17. The van der Waals surface area contributed by atoms with Crippen molar-refractivity contribution in [2.45, 2.75) is 32.4 Å². The molecule has 1 rings (SSSR count). The van der Waals surface area contributed by atoms with Crippen molar-refractivity contribution < 1.29 is 13.9 Å². The van der Waals surface area contributed by atoms with E-state index < -0.39 is 11.6 Å². The summed E-state index contributed by atoms with van der Waals surface area (Å²) in [5.41, 5.74) is -0.440. The molecule has 0 saturated heterocycles. The van der Waals surface area contributed by atoms with Crippen molar-refractivity contribution in [3.63, 3.8) is 0 Å². The van der Waals surface area contributed by atoms with Crippen LogP contribution in [-0.2, 0) is 16.0 Å². The molecule has 2 nitrogen and oxygen atoms in total. The Bertz CT molecular complexity index is 385. The Morgan fingerprint density at radius 3 is 2.65 bits per heavy atom. The van der Waals surface area contributed by atoms with Gasteiger partial charge in [0.25, 0.3) is 0 Å². The van der Waals surface area contributed by atoms with Crippen LogP contribution in [0.1, 0.15) is 25.8 Å². The standard InChI is InChI=1S/C13H16BrFO2/c1-13(2,15)9-12(16)17-8-7-10-5-3-4-6-11(10)14/h3-6H,7-9H2,1-2H3. The number of ether oxygens (including phenoxy) is 1. The van der Waals surface area contributed by atoms with Gasteiger partial charge < -0.3 is 4.74 Å². The van der Waals surface area contributed by atoms with Gasteiger partial charge in [0, 0.05) is 10.9 Å². The Morgan fingerprint density at radius 1 is 1.41 bits per heavy atom. The molecule has 1 aromatic rings. The zero-order chi connectivity index (χ0) is 12.9. The van der Waals surface area contributed by atoms with E-state index in [2.05, 4.69) is 15.9 Å². The molecule has 0 spiro atoms. The lowest BCUT2D eigenvalue weighted by Gasteiger charge is -2.13. The first kappa shape index (κ1) is 14.2. The van der Waals surface area contributed by atoms with Crippen LogP contribution in [0.5, 0.6) is 0 Å². The molecule has 17 heavy (non-hydrogen) atoms. The van der Waals surface area contributed by atoms with E-state index in [4.69, 9.17) is 4.74 Å². The molecular weight excluding hydrogens is 287 g/mol. The van der Waals surface area contributed by atoms with Crippen LogP contribution in [0.15, 0.2) is 28.7 Å². The van der Waals surface area contributed by atoms with Crippen molar-refractivity contribution in [1.82, 2.24) is 0 Å². The zero-order valence-electron chi connectivity index (χ0n) is 10.0. The van der Waals surface area contributed by atoms with Gasteiger partial charge in [-0.3, -0.25) is 4.79 Å². The molecular formula is C13H16BrFO2. The number of hydrogen-bond acceptors (Lipinski definition) is 2. The average Bonchev–Trinajstić information content (AvgIpc) is 2.18. The van der Waals surface area contributed by atoms with Crippen LogP contribution < -0.4 is 0 Å². The SMILES string of the molecule is CC(C)(F)CC(=O)OCCc1ccccc1Br. The van der Waals surface area contributed by atoms with E-state index >= 15 is 0 Å². The molecule has 0 heterocycles. The van der Waals surface area contributed by atoms with Gasteiger partial charge in [0.2, 0.25) is 0 Å². The number of rotatable bonds is 5. The van der Waals surface area contributed by atoms with Gasteiger partial charge in [-0.1, -0.05) is 34.1 Å². The molecule has 0 aliphatic carbocycles. The molecule has 94 valence electrons. The number of carbonyl (C=O) groups excluding carboxylic acids is 1. The highest BCUT2D eigenvalue weighted by Gasteiger charge is 2.21. The molecule has 0 atom stereocenters. The third-order valence-electron chi connectivity index (χ3n) is 2.16. The van der Waals surface area contributed by atoms with Crippen molar-refractivity contribution in [1.29, 1.82) is 0 Å². The Kier molecular flexibility index (Phi) is 5.12. The molecule has 0 aromatic heterocycles. The number of esters is 1. The lowest BCUT2D eigenvalue weighted by Crippen LogP contribution is -2.20. The molecule has 0 unspecified atom stereocenters. The van der Waals surface area contributed by atoms with Crippen molar-refractivity contribution >= 4 is 21.9 Å². The van der Waals surface area contributed by atoms with Crippen LogP contribution in [0.4, 0.5) is 4.39 Å². The Balaban J connectivity index is 2.34.